The quantitative estimate of drug-likeness (QED) is 0.712. The van der Waals surface area contributed by atoms with E-state index in [1.54, 1.807) is 12.4 Å². The Morgan fingerprint density at radius 2 is 1.54 bits per heavy atom. The molecule has 7 heteroatoms. The van der Waals surface area contributed by atoms with Crippen molar-refractivity contribution < 1.29 is 0 Å². The topological polar surface area (TPSA) is 61.3 Å². The smallest absolute Gasteiger partial charge is 0.180 e. The van der Waals surface area contributed by atoms with Crippen LogP contribution < -0.4 is 9.80 Å². The van der Waals surface area contributed by atoms with E-state index < -0.39 is 0 Å². The summed E-state index contributed by atoms with van der Waals surface area (Å²) in [6.45, 7) is 4.61. The van der Waals surface area contributed by atoms with Gasteiger partial charge in [0, 0.05) is 51.3 Å². The van der Waals surface area contributed by atoms with Crippen LogP contribution in [-0.4, -0.2) is 65.1 Å². The average Bonchev–Trinajstić information content (AvgIpc) is 2.68. The summed E-state index contributed by atoms with van der Waals surface area (Å²) in [6.07, 6.45) is 5.35. The minimum Gasteiger partial charge on any atom is -0.353 e. The van der Waals surface area contributed by atoms with Crippen LogP contribution in [0.3, 0.4) is 0 Å². The molecule has 0 amide bonds. The van der Waals surface area contributed by atoms with Crippen LogP contribution in [-0.2, 0) is 6.54 Å². The van der Waals surface area contributed by atoms with Crippen molar-refractivity contribution in [2.24, 2.45) is 0 Å². The molecule has 0 radical (unpaired) electrons. The van der Waals surface area contributed by atoms with E-state index in [1.807, 2.05) is 18.3 Å². The van der Waals surface area contributed by atoms with Crippen LogP contribution in [0.25, 0.3) is 11.2 Å². The standard InChI is InChI=1S/C19H23N7/c1-24(2)14-15-3-5-17(22-13-15)25-9-11-26(12-10-25)18-6-4-16-19(23-18)21-8-7-20-16/h3-8,13H,9-12,14H2,1-2H3. The van der Waals surface area contributed by atoms with E-state index in [4.69, 9.17) is 0 Å². The van der Waals surface area contributed by atoms with Gasteiger partial charge in [0.25, 0.3) is 0 Å². The van der Waals surface area contributed by atoms with Crippen LogP contribution in [0, 0.1) is 0 Å². The van der Waals surface area contributed by atoms with Crippen molar-refractivity contribution in [2.45, 2.75) is 6.54 Å². The molecule has 0 saturated carbocycles. The Hall–Kier alpha value is -2.80. The number of hydrogen-bond acceptors (Lipinski definition) is 7. The molecule has 1 aliphatic heterocycles. The van der Waals surface area contributed by atoms with Gasteiger partial charge in [-0.3, -0.25) is 4.98 Å². The maximum Gasteiger partial charge on any atom is 0.180 e. The minimum absolute atomic E-state index is 0.700. The molecule has 26 heavy (non-hydrogen) atoms. The molecule has 1 aliphatic rings. The lowest BCUT2D eigenvalue weighted by molar-refractivity contribution is 0.402. The monoisotopic (exact) mass is 349 g/mol. The zero-order valence-corrected chi connectivity index (χ0v) is 15.2. The van der Waals surface area contributed by atoms with Crippen LogP contribution in [0.1, 0.15) is 5.56 Å². The van der Waals surface area contributed by atoms with Crippen molar-refractivity contribution in [1.82, 2.24) is 24.8 Å². The van der Waals surface area contributed by atoms with Crippen LogP contribution in [0.15, 0.2) is 42.9 Å². The lowest BCUT2D eigenvalue weighted by atomic mass is 10.2. The maximum atomic E-state index is 4.65. The highest BCUT2D eigenvalue weighted by atomic mass is 15.3. The molecule has 1 saturated heterocycles. The summed E-state index contributed by atoms with van der Waals surface area (Å²) in [5.41, 5.74) is 2.77. The average molecular weight is 349 g/mol. The number of fused-ring (bicyclic) bond motifs is 1. The van der Waals surface area contributed by atoms with Crippen molar-refractivity contribution in [3.05, 3.63) is 48.4 Å². The Bertz CT molecular complexity index is 870. The second kappa shape index (κ2) is 7.21. The number of aromatic nitrogens is 4. The van der Waals surface area contributed by atoms with Gasteiger partial charge in [0.05, 0.1) is 0 Å². The van der Waals surface area contributed by atoms with Gasteiger partial charge in [-0.1, -0.05) is 6.07 Å². The molecule has 1 fully saturated rings. The number of nitrogens with zero attached hydrogens (tertiary/aromatic N) is 7. The zero-order valence-electron chi connectivity index (χ0n) is 15.2. The molecular weight excluding hydrogens is 326 g/mol. The fourth-order valence-electron chi connectivity index (χ4n) is 3.25. The first-order valence-electron chi connectivity index (χ1n) is 8.86. The molecule has 7 nitrogen and oxygen atoms in total. The number of piperazine rings is 1. The highest BCUT2D eigenvalue weighted by Gasteiger charge is 2.19. The Morgan fingerprint density at radius 1 is 0.846 bits per heavy atom. The fourth-order valence-corrected chi connectivity index (χ4v) is 3.25. The van der Waals surface area contributed by atoms with Crippen molar-refractivity contribution in [3.8, 4) is 0 Å². The van der Waals surface area contributed by atoms with Crippen molar-refractivity contribution >= 4 is 22.8 Å². The summed E-state index contributed by atoms with van der Waals surface area (Å²) >= 11 is 0. The molecular formula is C19H23N7. The van der Waals surface area contributed by atoms with Crippen LogP contribution in [0.2, 0.25) is 0 Å². The SMILES string of the molecule is CN(C)Cc1ccc(N2CCN(c3ccc4nccnc4n3)CC2)nc1. The van der Waals surface area contributed by atoms with Crippen molar-refractivity contribution in [2.75, 3.05) is 50.1 Å². The minimum atomic E-state index is 0.700. The van der Waals surface area contributed by atoms with Crippen LogP contribution in [0.4, 0.5) is 11.6 Å². The van der Waals surface area contributed by atoms with Gasteiger partial charge in [-0.15, -0.1) is 0 Å². The molecule has 0 unspecified atom stereocenters. The molecule has 3 aromatic heterocycles. The van der Waals surface area contributed by atoms with Gasteiger partial charge < -0.3 is 14.7 Å². The highest BCUT2D eigenvalue weighted by Crippen LogP contribution is 2.19. The summed E-state index contributed by atoms with van der Waals surface area (Å²) in [5.74, 6) is 2.01. The molecule has 4 rings (SSSR count). The number of anilines is 2. The van der Waals surface area contributed by atoms with Gasteiger partial charge in [-0.2, -0.15) is 0 Å². The number of rotatable bonds is 4. The maximum absolute atomic E-state index is 4.65. The van der Waals surface area contributed by atoms with E-state index in [2.05, 4.69) is 60.9 Å². The Labute approximate surface area is 153 Å². The van der Waals surface area contributed by atoms with Gasteiger partial charge in [0.1, 0.15) is 17.2 Å². The first-order chi connectivity index (χ1) is 12.7. The second-order valence-corrected chi connectivity index (χ2v) is 6.81. The molecule has 0 bridgehead atoms. The predicted molar refractivity (Wildman–Crippen MR) is 103 cm³/mol. The van der Waals surface area contributed by atoms with Crippen LogP contribution >= 0.6 is 0 Å². The zero-order chi connectivity index (χ0) is 17.9. The number of hydrogen-bond donors (Lipinski definition) is 0. The van der Waals surface area contributed by atoms with E-state index in [9.17, 15) is 0 Å². The van der Waals surface area contributed by atoms with Gasteiger partial charge in [0.2, 0.25) is 0 Å². The molecule has 4 heterocycles. The Balaban J connectivity index is 1.41. The lowest BCUT2D eigenvalue weighted by Gasteiger charge is -2.36. The Kier molecular flexibility index (Phi) is 4.62. The summed E-state index contributed by atoms with van der Waals surface area (Å²) < 4.78 is 0. The third-order valence-electron chi connectivity index (χ3n) is 4.55. The molecule has 3 aromatic rings. The lowest BCUT2D eigenvalue weighted by Crippen LogP contribution is -2.47. The van der Waals surface area contributed by atoms with Crippen molar-refractivity contribution in [3.63, 3.8) is 0 Å². The molecule has 0 aromatic carbocycles. The molecule has 0 N–H and O–H groups in total. The van der Waals surface area contributed by atoms with E-state index in [-0.39, 0.29) is 0 Å². The predicted octanol–water partition coefficient (Wildman–Crippen LogP) is 1.81. The van der Waals surface area contributed by atoms with Gasteiger partial charge in [0.15, 0.2) is 5.65 Å². The van der Waals surface area contributed by atoms with E-state index >= 15 is 0 Å². The number of pyridine rings is 2. The third-order valence-corrected chi connectivity index (χ3v) is 4.55. The molecule has 134 valence electrons. The molecule has 0 spiro atoms. The Morgan fingerprint density at radius 3 is 2.23 bits per heavy atom. The summed E-state index contributed by atoms with van der Waals surface area (Å²) in [4.78, 5) is 24.7. The normalized spacial score (nSPS) is 15.0. The molecule has 0 atom stereocenters. The highest BCUT2D eigenvalue weighted by molar-refractivity contribution is 5.71. The summed E-state index contributed by atoms with van der Waals surface area (Å²) in [7, 11) is 4.14. The first kappa shape index (κ1) is 16.7. The largest absolute Gasteiger partial charge is 0.353 e. The van der Waals surface area contributed by atoms with E-state index in [0.29, 0.717) is 5.65 Å². The third kappa shape index (κ3) is 3.57. The second-order valence-electron chi connectivity index (χ2n) is 6.81. The van der Waals surface area contributed by atoms with Crippen molar-refractivity contribution in [1.29, 1.82) is 0 Å². The molecule has 0 aliphatic carbocycles. The fraction of sp³-hybridized carbons (Fsp3) is 0.368. The van der Waals surface area contributed by atoms with Crippen LogP contribution in [0.5, 0.6) is 0 Å². The van der Waals surface area contributed by atoms with E-state index in [1.165, 1.54) is 5.56 Å². The van der Waals surface area contributed by atoms with Gasteiger partial charge in [-0.25, -0.2) is 15.0 Å². The van der Waals surface area contributed by atoms with Gasteiger partial charge >= 0.3 is 0 Å². The first-order valence-corrected chi connectivity index (χ1v) is 8.86. The van der Waals surface area contributed by atoms with Gasteiger partial charge in [-0.05, 0) is 37.9 Å². The van der Waals surface area contributed by atoms with E-state index in [0.717, 1.165) is 49.9 Å². The summed E-state index contributed by atoms with van der Waals surface area (Å²) in [6, 6.07) is 8.31. The summed E-state index contributed by atoms with van der Waals surface area (Å²) in [5, 5.41) is 0.